The van der Waals surface area contributed by atoms with E-state index in [0.29, 0.717) is 0 Å². The van der Waals surface area contributed by atoms with E-state index in [9.17, 15) is 0 Å². The molecule has 0 amide bonds. The molecule has 0 bridgehead atoms. The summed E-state index contributed by atoms with van der Waals surface area (Å²) in [6.07, 6.45) is 4.85. The van der Waals surface area contributed by atoms with Crippen LogP contribution in [0.1, 0.15) is 18.6 Å². The predicted octanol–water partition coefficient (Wildman–Crippen LogP) is 4.00. The van der Waals surface area contributed by atoms with E-state index in [4.69, 9.17) is 0 Å². The summed E-state index contributed by atoms with van der Waals surface area (Å²) in [7, 11) is 0. The van der Waals surface area contributed by atoms with Crippen molar-refractivity contribution in [1.29, 1.82) is 0 Å². The zero-order valence-electron chi connectivity index (χ0n) is 7.59. The molecular weight excluding hydrogens is 168 g/mol. The van der Waals surface area contributed by atoms with Crippen molar-refractivity contribution in [3.05, 3.63) is 66.3 Å². The fraction of sp³-hybridized carbons (Fsp3) is 0.143. The summed E-state index contributed by atoms with van der Waals surface area (Å²) in [4.78, 5) is 0. The minimum absolute atomic E-state index is 0. The molecule has 0 atom stereocenters. The van der Waals surface area contributed by atoms with Crippen molar-refractivity contribution in [2.75, 3.05) is 0 Å². The molecule has 0 aliphatic heterocycles. The third kappa shape index (κ3) is 1.44. The van der Waals surface area contributed by atoms with E-state index >= 15 is 0 Å². The van der Waals surface area contributed by atoms with Crippen LogP contribution in [-0.4, -0.2) is 0 Å². The number of benzene rings is 1. The molecule has 1 aromatic rings. The van der Waals surface area contributed by atoms with Gasteiger partial charge >= 0.3 is 0 Å². The Balaban J connectivity index is 0.000000980. The lowest BCUT2D eigenvalue weighted by atomic mass is 10.1. The Kier molecular flexibility index (Phi) is 3.08. The monoisotopic (exact) mass is 184 g/mol. The van der Waals surface area contributed by atoms with Crippen LogP contribution in [0, 0.1) is 0 Å². The van der Waals surface area contributed by atoms with Crippen molar-refractivity contribution in [3.63, 3.8) is 0 Å². The van der Waals surface area contributed by atoms with Crippen molar-refractivity contribution < 1.29 is 0 Å². The Labute approximate surface area is 86.3 Å². The van der Waals surface area contributed by atoms with Gasteiger partial charge in [0.1, 0.15) is 0 Å². The molecule has 0 aromatic heterocycles. The Morgan fingerprint density at radius 3 is 2.43 bits per heavy atom. The molecule has 0 radical (unpaired) electrons. The summed E-state index contributed by atoms with van der Waals surface area (Å²) >= 11 is 0. The van der Waals surface area contributed by atoms with Crippen molar-refractivity contribution in [1.82, 2.24) is 0 Å². The van der Waals surface area contributed by atoms with E-state index in [-0.39, 0.29) is 7.43 Å². The summed E-state index contributed by atoms with van der Waals surface area (Å²) in [5, 5.41) is 0. The van der Waals surface area contributed by atoms with Gasteiger partial charge in [-0.15, -0.1) is 0 Å². The molecule has 0 saturated heterocycles. The molecule has 1 aliphatic rings. The third-order valence-electron chi connectivity index (χ3n) is 2.48. The molecule has 0 unspecified atom stereocenters. The van der Waals surface area contributed by atoms with Gasteiger partial charge in [-0.25, -0.2) is 0 Å². The number of allylic oxidation sites excluding steroid dienone is 4. The Bertz CT molecular complexity index is 394. The van der Waals surface area contributed by atoms with Crippen LogP contribution in [0.3, 0.4) is 0 Å². The van der Waals surface area contributed by atoms with E-state index in [0.717, 1.165) is 6.42 Å². The molecule has 0 saturated carbocycles. The predicted molar refractivity (Wildman–Crippen MR) is 64.2 cm³/mol. The first-order chi connectivity index (χ1) is 6.36. The second kappa shape index (κ2) is 4.10. The average molecular weight is 184 g/mol. The van der Waals surface area contributed by atoms with Gasteiger partial charge in [-0.1, -0.05) is 57.0 Å². The van der Waals surface area contributed by atoms with Crippen LogP contribution in [-0.2, 0) is 6.42 Å². The standard InChI is InChI=1S/C13H12.CH4/c1-3-10-9-11-7-5-6-8-13(11)12(10)4-2;/h3-8H,1-2,9H2;1H4. The number of hydrogen-bond acceptors (Lipinski definition) is 0. The minimum atomic E-state index is 0. The summed E-state index contributed by atoms with van der Waals surface area (Å²) in [6.45, 7) is 7.65. The lowest BCUT2D eigenvalue weighted by molar-refractivity contribution is 1.25. The van der Waals surface area contributed by atoms with Crippen LogP contribution < -0.4 is 0 Å². The molecule has 1 aromatic carbocycles. The molecule has 0 spiro atoms. The van der Waals surface area contributed by atoms with Gasteiger partial charge in [-0.05, 0) is 28.7 Å². The normalized spacial score (nSPS) is 13.1. The van der Waals surface area contributed by atoms with Crippen LogP contribution in [0.25, 0.3) is 5.57 Å². The molecule has 0 fully saturated rings. The highest BCUT2D eigenvalue weighted by molar-refractivity contribution is 5.84. The summed E-state index contributed by atoms with van der Waals surface area (Å²) < 4.78 is 0. The highest BCUT2D eigenvalue weighted by atomic mass is 14.2. The van der Waals surface area contributed by atoms with Gasteiger partial charge in [0.25, 0.3) is 0 Å². The van der Waals surface area contributed by atoms with Crippen molar-refractivity contribution in [2.24, 2.45) is 0 Å². The summed E-state index contributed by atoms with van der Waals surface area (Å²) in [5.41, 5.74) is 5.22. The summed E-state index contributed by atoms with van der Waals surface area (Å²) in [5.74, 6) is 0. The average Bonchev–Trinajstić information content (AvgIpc) is 2.55. The van der Waals surface area contributed by atoms with Crippen LogP contribution in [0.15, 0.2) is 55.1 Å². The first-order valence-electron chi connectivity index (χ1n) is 4.43. The zero-order valence-corrected chi connectivity index (χ0v) is 7.59. The second-order valence-electron chi connectivity index (χ2n) is 3.18. The summed E-state index contributed by atoms with van der Waals surface area (Å²) in [6, 6.07) is 8.44. The second-order valence-corrected chi connectivity index (χ2v) is 3.18. The maximum absolute atomic E-state index is 3.83. The van der Waals surface area contributed by atoms with E-state index < -0.39 is 0 Å². The van der Waals surface area contributed by atoms with Gasteiger partial charge in [-0.3, -0.25) is 0 Å². The van der Waals surface area contributed by atoms with Crippen LogP contribution in [0.2, 0.25) is 0 Å². The molecule has 0 nitrogen and oxygen atoms in total. The minimum Gasteiger partial charge on any atom is -0.0988 e. The van der Waals surface area contributed by atoms with Gasteiger partial charge in [0, 0.05) is 0 Å². The number of hydrogen-bond donors (Lipinski definition) is 0. The first kappa shape index (κ1) is 10.5. The highest BCUT2D eigenvalue weighted by Crippen LogP contribution is 2.33. The zero-order chi connectivity index (χ0) is 9.26. The van der Waals surface area contributed by atoms with E-state index in [2.05, 4.69) is 37.4 Å². The first-order valence-corrected chi connectivity index (χ1v) is 4.43. The van der Waals surface area contributed by atoms with E-state index in [1.807, 2.05) is 12.2 Å². The number of rotatable bonds is 2. The lowest BCUT2D eigenvalue weighted by Gasteiger charge is -1.98. The topological polar surface area (TPSA) is 0 Å². The highest BCUT2D eigenvalue weighted by Gasteiger charge is 2.15. The maximum atomic E-state index is 3.83. The molecule has 2 rings (SSSR count). The van der Waals surface area contributed by atoms with E-state index in [1.54, 1.807) is 0 Å². The molecule has 0 heteroatoms. The molecule has 0 N–H and O–H groups in total. The van der Waals surface area contributed by atoms with Gasteiger partial charge in [0.15, 0.2) is 0 Å². The lowest BCUT2D eigenvalue weighted by Crippen LogP contribution is -1.80. The van der Waals surface area contributed by atoms with Crippen LogP contribution in [0.4, 0.5) is 0 Å². The van der Waals surface area contributed by atoms with Crippen molar-refractivity contribution >= 4 is 5.57 Å². The third-order valence-corrected chi connectivity index (χ3v) is 2.48. The molecule has 72 valence electrons. The van der Waals surface area contributed by atoms with Gasteiger partial charge in [-0.2, -0.15) is 0 Å². The van der Waals surface area contributed by atoms with Crippen LogP contribution >= 0.6 is 0 Å². The Hall–Kier alpha value is -1.56. The molecule has 0 heterocycles. The largest absolute Gasteiger partial charge is 0.0988 e. The number of fused-ring (bicyclic) bond motifs is 1. The SMILES string of the molecule is C.C=CC1=C(C=C)c2ccccc2C1. The Morgan fingerprint density at radius 1 is 1.07 bits per heavy atom. The molecule has 14 heavy (non-hydrogen) atoms. The van der Waals surface area contributed by atoms with Gasteiger partial charge < -0.3 is 0 Å². The maximum Gasteiger partial charge on any atom is -0.00137 e. The Morgan fingerprint density at radius 2 is 1.79 bits per heavy atom. The molecular formula is C14H16. The van der Waals surface area contributed by atoms with Gasteiger partial charge in [0.2, 0.25) is 0 Å². The van der Waals surface area contributed by atoms with Gasteiger partial charge in [0.05, 0.1) is 0 Å². The fourth-order valence-corrected chi connectivity index (χ4v) is 1.83. The van der Waals surface area contributed by atoms with Crippen molar-refractivity contribution in [3.8, 4) is 0 Å². The van der Waals surface area contributed by atoms with E-state index in [1.165, 1.54) is 22.3 Å². The smallest absolute Gasteiger partial charge is 0.00137 e. The van der Waals surface area contributed by atoms with Crippen LogP contribution in [0.5, 0.6) is 0 Å². The quantitative estimate of drug-likeness (QED) is 0.651. The van der Waals surface area contributed by atoms with Crippen molar-refractivity contribution in [2.45, 2.75) is 13.8 Å². The fourth-order valence-electron chi connectivity index (χ4n) is 1.83. The molecule has 1 aliphatic carbocycles.